The molecule has 0 spiro atoms. The lowest BCUT2D eigenvalue weighted by Crippen LogP contribution is -2.35. The van der Waals surface area contributed by atoms with E-state index in [-0.39, 0.29) is 17.5 Å². The molecule has 0 radical (unpaired) electrons. The zero-order valence-corrected chi connectivity index (χ0v) is 15.0. The van der Waals surface area contributed by atoms with Crippen LogP contribution >= 0.6 is 0 Å². The predicted molar refractivity (Wildman–Crippen MR) is 96.3 cm³/mol. The SMILES string of the molecule is COc1nc(NC(=O)NS(=O)(=O)c2ccccc2[N+](=O)[O-])nc2ncccc12. The number of carbonyl (C=O) groups is 1. The summed E-state index contributed by atoms with van der Waals surface area (Å²) < 4.78 is 31.5. The maximum absolute atomic E-state index is 12.3. The van der Waals surface area contributed by atoms with Crippen LogP contribution < -0.4 is 14.8 Å². The van der Waals surface area contributed by atoms with Gasteiger partial charge in [0, 0.05) is 12.3 Å². The van der Waals surface area contributed by atoms with Gasteiger partial charge in [-0.05, 0) is 18.2 Å². The summed E-state index contributed by atoms with van der Waals surface area (Å²) in [7, 11) is -3.16. The lowest BCUT2D eigenvalue weighted by atomic mass is 10.3. The first-order valence-corrected chi connectivity index (χ1v) is 9.04. The van der Waals surface area contributed by atoms with Crippen LogP contribution in [0.5, 0.6) is 5.88 Å². The van der Waals surface area contributed by atoms with E-state index >= 15 is 0 Å². The summed E-state index contributed by atoms with van der Waals surface area (Å²) >= 11 is 0. The fourth-order valence-corrected chi connectivity index (χ4v) is 3.37. The van der Waals surface area contributed by atoms with Crippen molar-refractivity contribution in [2.45, 2.75) is 4.90 Å². The number of anilines is 1. The third kappa shape index (κ3) is 3.78. The van der Waals surface area contributed by atoms with Crippen LogP contribution in [-0.4, -0.2) is 41.4 Å². The molecule has 2 N–H and O–H groups in total. The molecule has 0 fully saturated rings. The highest BCUT2D eigenvalue weighted by atomic mass is 32.2. The van der Waals surface area contributed by atoms with Gasteiger partial charge in [0.1, 0.15) is 0 Å². The molecule has 2 heterocycles. The number of amides is 2. The van der Waals surface area contributed by atoms with Crippen molar-refractivity contribution in [2.24, 2.45) is 0 Å². The first kappa shape index (κ1) is 18.9. The summed E-state index contributed by atoms with van der Waals surface area (Å²) in [4.78, 5) is 33.6. The Bertz CT molecular complexity index is 1180. The summed E-state index contributed by atoms with van der Waals surface area (Å²) in [5.74, 6) is -0.145. The number of benzene rings is 1. The third-order valence-corrected chi connectivity index (χ3v) is 4.81. The molecule has 0 aliphatic rings. The Morgan fingerprint density at radius 2 is 1.93 bits per heavy atom. The Morgan fingerprint density at radius 1 is 1.18 bits per heavy atom. The fraction of sp³-hybridized carbons (Fsp3) is 0.0667. The molecule has 1 aromatic carbocycles. The van der Waals surface area contributed by atoms with E-state index in [1.165, 1.54) is 25.4 Å². The molecule has 0 atom stereocenters. The lowest BCUT2D eigenvalue weighted by Gasteiger charge is -2.09. The van der Waals surface area contributed by atoms with Gasteiger partial charge in [0.25, 0.3) is 15.7 Å². The monoisotopic (exact) mass is 404 g/mol. The van der Waals surface area contributed by atoms with Gasteiger partial charge in [-0.2, -0.15) is 9.97 Å². The van der Waals surface area contributed by atoms with Gasteiger partial charge in [0.05, 0.1) is 17.4 Å². The lowest BCUT2D eigenvalue weighted by molar-refractivity contribution is -0.387. The van der Waals surface area contributed by atoms with E-state index in [0.717, 1.165) is 12.1 Å². The number of nitro groups is 1. The molecule has 0 saturated heterocycles. The number of hydrogen-bond acceptors (Lipinski definition) is 9. The van der Waals surface area contributed by atoms with Crippen molar-refractivity contribution >= 4 is 38.7 Å². The molecular weight excluding hydrogens is 392 g/mol. The summed E-state index contributed by atoms with van der Waals surface area (Å²) in [6.45, 7) is 0. The Balaban J connectivity index is 1.86. The van der Waals surface area contributed by atoms with Gasteiger partial charge in [0.2, 0.25) is 11.8 Å². The van der Waals surface area contributed by atoms with Gasteiger partial charge in [-0.25, -0.2) is 22.9 Å². The fourth-order valence-electron chi connectivity index (χ4n) is 2.29. The summed E-state index contributed by atoms with van der Waals surface area (Å²) in [5.41, 5.74) is -0.457. The molecule has 2 aromatic heterocycles. The topological polar surface area (TPSA) is 166 Å². The Kier molecular flexibility index (Phi) is 5.00. The molecule has 0 saturated carbocycles. The van der Waals surface area contributed by atoms with Crippen LogP contribution in [0.15, 0.2) is 47.5 Å². The van der Waals surface area contributed by atoms with E-state index in [1.807, 2.05) is 0 Å². The molecule has 3 rings (SSSR count). The minimum atomic E-state index is -4.52. The Hall–Kier alpha value is -3.87. The first-order valence-electron chi connectivity index (χ1n) is 7.56. The standard InChI is InChI=1S/C15H12N6O6S/c1-27-13-9-5-4-8-16-12(9)17-14(18-13)19-15(22)20-28(25,26)11-7-3-2-6-10(11)21(23)24/h2-8H,1H3,(H2,16,17,18,19,20,22). The molecule has 3 aromatic rings. The number of aromatic nitrogens is 3. The highest BCUT2D eigenvalue weighted by molar-refractivity contribution is 7.90. The molecular formula is C15H12N6O6S. The molecule has 12 nitrogen and oxygen atoms in total. The number of ether oxygens (including phenoxy) is 1. The highest BCUT2D eigenvalue weighted by Gasteiger charge is 2.27. The second-order valence-corrected chi connectivity index (χ2v) is 6.87. The van der Waals surface area contributed by atoms with Crippen molar-refractivity contribution in [1.29, 1.82) is 0 Å². The molecule has 144 valence electrons. The molecule has 0 aliphatic heterocycles. The molecule has 2 amide bonds. The van der Waals surface area contributed by atoms with E-state index in [9.17, 15) is 23.3 Å². The Morgan fingerprint density at radius 3 is 2.64 bits per heavy atom. The van der Waals surface area contributed by atoms with Crippen molar-refractivity contribution < 1.29 is 22.9 Å². The van der Waals surface area contributed by atoms with Crippen molar-refractivity contribution in [3.63, 3.8) is 0 Å². The number of nitrogens with one attached hydrogen (secondary N) is 2. The van der Waals surface area contributed by atoms with Crippen molar-refractivity contribution in [3.8, 4) is 5.88 Å². The van der Waals surface area contributed by atoms with Crippen molar-refractivity contribution in [2.75, 3.05) is 12.4 Å². The number of urea groups is 1. The highest BCUT2D eigenvalue weighted by Crippen LogP contribution is 2.23. The van der Waals surface area contributed by atoms with Gasteiger partial charge in [0.15, 0.2) is 10.5 Å². The van der Waals surface area contributed by atoms with Crippen LogP contribution in [0.2, 0.25) is 0 Å². The number of carbonyl (C=O) groups excluding carboxylic acids is 1. The minimum Gasteiger partial charge on any atom is -0.480 e. The van der Waals surface area contributed by atoms with Gasteiger partial charge in [-0.3, -0.25) is 15.4 Å². The van der Waals surface area contributed by atoms with E-state index in [0.29, 0.717) is 5.39 Å². The van der Waals surface area contributed by atoms with Gasteiger partial charge in [-0.15, -0.1) is 0 Å². The second-order valence-electron chi connectivity index (χ2n) is 5.22. The van der Waals surface area contributed by atoms with Crippen LogP contribution in [0.4, 0.5) is 16.4 Å². The van der Waals surface area contributed by atoms with Gasteiger partial charge in [-0.1, -0.05) is 12.1 Å². The summed E-state index contributed by atoms with van der Waals surface area (Å²) in [6.07, 6.45) is 1.47. The number of nitro benzene ring substituents is 1. The van der Waals surface area contributed by atoms with Crippen LogP contribution in [0.25, 0.3) is 11.0 Å². The normalized spacial score (nSPS) is 11.0. The van der Waals surface area contributed by atoms with Crippen LogP contribution in [0, 0.1) is 10.1 Å². The van der Waals surface area contributed by atoms with Gasteiger partial charge < -0.3 is 4.74 Å². The zero-order valence-electron chi connectivity index (χ0n) is 14.2. The number of nitrogens with zero attached hydrogens (tertiary/aromatic N) is 4. The van der Waals surface area contributed by atoms with Gasteiger partial charge >= 0.3 is 6.03 Å². The summed E-state index contributed by atoms with van der Waals surface area (Å²) in [6, 6.07) is 6.71. The van der Waals surface area contributed by atoms with E-state index < -0.39 is 31.6 Å². The van der Waals surface area contributed by atoms with E-state index in [4.69, 9.17) is 4.74 Å². The first-order chi connectivity index (χ1) is 13.3. The number of rotatable bonds is 5. The number of sulfonamides is 1. The van der Waals surface area contributed by atoms with Crippen LogP contribution in [0.3, 0.4) is 0 Å². The average molecular weight is 404 g/mol. The molecule has 0 unspecified atom stereocenters. The number of fused-ring (bicyclic) bond motifs is 1. The molecule has 0 bridgehead atoms. The summed E-state index contributed by atoms with van der Waals surface area (Å²) in [5, 5.41) is 13.6. The van der Waals surface area contributed by atoms with E-state index in [2.05, 4.69) is 20.3 Å². The van der Waals surface area contributed by atoms with E-state index in [1.54, 1.807) is 16.9 Å². The number of methoxy groups -OCH3 is 1. The van der Waals surface area contributed by atoms with Crippen LogP contribution in [-0.2, 0) is 10.0 Å². The van der Waals surface area contributed by atoms with Crippen LogP contribution in [0.1, 0.15) is 0 Å². The zero-order chi connectivity index (χ0) is 20.3. The predicted octanol–water partition coefficient (Wildman–Crippen LogP) is 1.45. The number of para-hydroxylation sites is 1. The molecule has 13 heteroatoms. The third-order valence-electron chi connectivity index (χ3n) is 3.43. The Labute approximate surface area is 157 Å². The largest absolute Gasteiger partial charge is 0.480 e. The smallest absolute Gasteiger partial charge is 0.335 e. The van der Waals surface area contributed by atoms with Crippen molar-refractivity contribution in [3.05, 3.63) is 52.7 Å². The maximum Gasteiger partial charge on any atom is 0.335 e. The molecule has 0 aliphatic carbocycles. The second kappa shape index (κ2) is 7.40. The average Bonchev–Trinajstić information content (AvgIpc) is 2.66. The minimum absolute atomic E-state index is 0.120. The quantitative estimate of drug-likeness (QED) is 0.472. The number of pyridine rings is 1. The molecule has 28 heavy (non-hydrogen) atoms. The maximum atomic E-state index is 12.3. The number of hydrogen-bond donors (Lipinski definition) is 2. The van der Waals surface area contributed by atoms with Crippen molar-refractivity contribution in [1.82, 2.24) is 19.7 Å².